The van der Waals surface area contributed by atoms with E-state index >= 15 is 0 Å². The van der Waals surface area contributed by atoms with Crippen LogP contribution in [0.4, 0.5) is 0 Å². The number of benzene rings is 1. The molecule has 1 aliphatic heterocycles. The van der Waals surface area contributed by atoms with Gasteiger partial charge in [0, 0.05) is 18.2 Å². The molecular formula is C18H22N2O4. The molecule has 0 saturated carbocycles. The summed E-state index contributed by atoms with van der Waals surface area (Å²) in [4.78, 5) is 14.7. The molecule has 6 heteroatoms. The molecule has 2 heterocycles. The SMILES string of the molecule is COc1cccc(-c2cc(C(=O)N3CC(C)OCC3(C)C)no2)c1. The number of hydrogen-bond donors (Lipinski definition) is 0. The molecule has 1 saturated heterocycles. The first kappa shape index (κ1) is 16.5. The minimum atomic E-state index is -0.376. The van der Waals surface area contributed by atoms with Gasteiger partial charge in [-0.3, -0.25) is 4.79 Å². The van der Waals surface area contributed by atoms with Crippen LogP contribution >= 0.6 is 0 Å². The van der Waals surface area contributed by atoms with Gasteiger partial charge in [-0.2, -0.15) is 0 Å². The summed E-state index contributed by atoms with van der Waals surface area (Å²) >= 11 is 0. The molecule has 1 fully saturated rings. The highest BCUT2D eigenvalue weighted by Gasteiger charge is 2.38. The van der Waals surface area contributed by atoms with E-state index in [0.717, 1.165) is 11.3 Å². The lowest BCUT2D eigenvalue weighted by molar-refractivity contribution is -0.0758. The molecule has 1 atom stereocenters. The summed E-state index contributed by atoms with van der Waals surface area (Å²) in [6.07, 6.45) is 0.00623. The van der Waals surface area contributed by atoms with Gasteiger partial charge in [-0.1, -0.05) is 17.3 Å². The molecule has 24 heavy (non-hydrogen) atoms. The number of ether oxygens (including phenoxy) is 2. The predicted octanol–water partition coefficient (Wildman–Crippen LogP) is 2.99. The summed E-state index contributed by atoms with van der Waals surface area (Å²) < 4.78 is 16.2. The number of aromatic nitrogens is 1. The zero-order valence-corrected chi connectivity index (χ0v) is 14.4. The highest BCUT2D eigenvalue weighted by molar-refractivity contribution is 5.93. The maximum Gasteiger partial charge on any atom is 0.276 e. The van der Waals surface area contributed by atoms with E-state index in [1.807, 2.05) is 45.0 Å². The van der Waals surface area contributed by atoms with Crippen molar-refractivity contribution in [2.75, 3.05) is 20.3 Å². The third kappa shape index (κ3) is 3.14. The number of rotatable bonds is 3. The van der Waals surface area contributed by atoms with Gasteiger partial charge in [0.05, 0.1) is 25.4 Å². The zero-order chi connectivity index (χ0) is 17.3. The molecule has 0 N–H and O–H groups in total. The Morgan fingerprint density at radius 1 is 1.38 bits per heavy atom. The lowest BCUT2D eigenvalue weighted by atomic mass is 10.0. The van der Waals surface area contributed by atoms with Crippen LogP contribution in [0.2, 0.25) is 0 Å². The van der Waals surface area contributed by atoms with Crippen molar-refractivity contribution in [2.24, 2.45) is 0 Å². The van der Waals surface area contributed by atoms with Crippen molar-refractivity contribution in [3.05, 3.63) is 36.0 Å². The van der Waals surface area contributed by atoms with E-state index in [9.17, 15) is 4.79 Å². The Morgan fingerprint density at radius 2 is 2.17 bits per heavy atom. The van der Waals surface area contributed by atoms with Gasteiger partial charge in [-0.05, 0) is 32.9 Å². The van der Waals surface area contributed by atoms with Crippen LogP contribution in [0.5, 0.6) is 5.75 Å². The van der Waals surface area contributed by atoms with Crippen molar-refractivity contribution in [1.29, 1.82) is 0 Å². The van der Waals surface area contributed by atoms with Crippen molar-refractivity contribution < 1.29 is 18.8 Å². The fourth-order valence-corrected chi connectivity index (χ4v) is 2.77. The van der Waals surface area contributed by atoms with Crippen LogP contribution in [-0.4, -0.2) is 47.9 Å². The van der Waals surface area contributed by atoms with Crippen LogP contribution in [0.25, 0.3) is 11.3 Å². The average molecular weight is 330 g/mol. The summed E-state index contributed by atoms with van der Waals surface area (Å²) in [7, 11) is 1.61. The summed E-state index contributed by atoms with van der Waals surface area (Å²) in [6.45, 7) is 6.97. The van der Waals surface area contributed by atoms with Crippen molar-refractivity contribution in [1.82, 2.24) is 10.1 Å². The van der Waals surface area contributed by atoms with Crippen LogP contribution in [-0.2, 0) is 4.74 Å². The topological polar surface area (TPSA) is 64.8 Å². The second-order valence-corrected chi connectivity index (χ2v) is 6.66. The Balaban J connectivity index is 1.85. The number of carbonyl (C=O) groups is 1. The third-order valence-corrected chi connectivity index (χ3v) is 4.22. The average Bonchev–Trinajstić information content (AvgIpc) is 3.06. The summed E-state index contributed by atoms with van der Waals surface area (Å²) in [6, 6.07) is 9.12. The molecule has 0 spiro atoms. The van der Waals surface area contributed by atoms with Gasteiger partial charge < -0.3 is 18.9 Å². The largest absolute Gasteiger partial charge is 0.497 e. The van der Waals surface area contributed by atoms with Crippen LogP contribution in [0, 0.1) is 0 Å². The Labute approximate surface area is 141 Å². The molecule has 1 aromatic carbocycles. The third-order valence-electron chi connectivity index (χ3n) is 4.22. The first-order valence-corrected chi connectivity index (χ1v) is 7.95. The molecule has 1 unspecified atom stereocenters. The molecule has 1 amide bonds. The molecule has 1 aliphatic rings. The number of nitrogens with zero attached hydrogens (tertiary/aromatic N) is 2. The van der Waals surface area contributed by atoms with E-state index in [1.54, 1.807) is 18.1 Å². The number of hydrogen-bond acceptors (Lipinski definition) is 5. The van der Waals surface area contributed by atoms with Crippen LogP contribution in [0.15, 0.2) is 34.9 Å². The second-order valence-electron chi connectivity index (χ2n) is 6.66. The van der Waals surface area contributed by atoms with Crippen molar-refractivity contribution >= 4 is 5.91 Å². The summed E-state index contributed by atoms with van der Waals surface area (Å²) in [5, 5.41) is 3.97. The molecule has 6 nitrogen and oxygen atoms in total. The van der Waals surface area contributed by atoms with Crippen LogP contribution < -0.4 is 4.74 Å². The first-order chi connectivity index (χ1) is 11.4. The van der Waals surface area contributed by atoms with Crippen molar-refractivity contribution in [3.63, 3.8) is 0 Å². The lowest BCUT2D eigenvalue weighted by Crippen LogP contribution is -2.57. The van der Waals surface area contributed by atoms with Crippen LogP contribution in [0.1, 0.15) is 31.3 Å². The van der Waals surface area contributed by atoms with Gasteiger partial charge in [0.15, 0.2) is 11.5 Å². The first-order valence-electron chi connectivity index (χ1n) is 7.95. The maximum atomic E-state index is 12.9. The number of morpholine rings is 1. The Morgan fingerprint density at radius 3 is 2.92 bits per heavy atom. The predicted molar refractivity (Wildman–Crippen MR) is 89.0 cm³/mol. The normalized spacial score (nSPS) is 20.0. The summed E-state index contributed by atoms with van der Waals surface area (Å²) in [5.41, 5.74) is 0.740. The fourth-order valence-electron chi connectivity index (χ4n) is 2.77. The van der Waals surface area contributed by atoms with Gasteiger partial charge in [-0.15, -0.1) is 0 Å². The monoisotopic (exact) mass is 330 g/mol. The van der Waals surface area contributed by atoms with Gasteiger partial charge in [0.1, 0.15) is 5.75 Å². The molecule has 0 aliphatic carbocycles. The molecule has 3 rings (SSSR count). The highest BCUT2D eigenvalue weighted by Crippen LogP contribution is 2.27. The van der Waals surface area contributed by atoms with Gasteiger partial charge in [0.2, 0.25) is 0 Å². The smallest absolute Gasteiger partial charge is 0.276 e. The minimum Gasteiger partial charge on any atom is -0.497 e. The van der Waals surface area contributed by atoms with E-state index in [1.165, 1.54) is 0 Å². The van der Waals surface area contributed by atoms with E-state index in [-0.39, 0.29) is 17.6 Å². The number of carbonyl (C=O) groups excluding carboxylic acids is 1. The minimum absolute atomic E-state index is 0.00623. The Kier molecular flexibility index (Phi) is 4.32. The van der Waals surface area contributed by atoms with Crippen molar-refractivity contribution in [3.8, 4) is 17.1 Å². The lowest BCUT2D eigenvalue weighted by Gasteiger charge is -2.44. The maximum absolute atomic E-state index is 12.9. The molecule has 128 valence electrons. The van der Waals surface area contributed by atoms with Gasteiger partial charge in [0.25, 0.3) is 5.91 Å². The molecule has 0 bridgehead atoms. The molecule has 0 radical (unpaired) electrons. The van der Waals surface area contributed by atoms with Gasteiger partial charge >= 0.3 is 0 Å². The molecular weight excluding hydrogens is 308 g/mol. The van der Waals surface area contributed by atoms with E-state index in [4.69, 9.17) is 14.0 Å². The summed E-state index contributed by atoms with van der Waals surface area (Å²) in [5.74, 6) is 1.12. The molecule has 1 aromatic heterocycles. The zero-order valence-electron chi connectivity index (χ0n) is 14.4. The van der Waals surface area contributed by atoms with E-state index in [0.29, 0.717) is 24.6 Å². The van der Waals surface area contributed by atoms with E-state index < -0.39 is 0 Å². The Hall–Kier alpha value is -2.34. The van der Waals surface area contributed by atoms with Crippen LogP contribution in [0.3, 0.4) is 0 Å². The van der Waals surface area contributed by atoms with E-state index in [2.05, 4.69) is 5.16 Å². The second kappa shape index (κ2) is 6.28. The number of methoxy groups -OCH3 is 1. The Bertz CT molecular complexity index is 738. The van der Waals surface area contributed by atoms with Gasteiger partial charge in [-0.25, -0.2) is 0 Å². The standard InChI is InChI=1S/C18H22N2O4/c1-12-10-20(18(2,3)11-23-12)17(21)15-9-16(24-19-15)13-6-5-7-14(8-13)22-4/h5-9,12H,10-11H2,1-4H3. The molecule has 2 aromatic rings. The number of amides is 1. The van der Waals surface area contributed by atoms with Crippen molar-refractivity contribution in [2.45, 2.75) is 32.4 Å². The highest BCUT2D eigenvalue weighted by atomic mass is 16.5. The quantitative estimate of drug-likeness (QED) is 0.865. The fraction of sp³-hybridized carbons (Fsp3) is 0.444.